The Bertz CT molecular complexity index is 1110. The number of hydrogen-bond donors (Lipinski definition) is 2. The molecule has 0 aliphatic rings. The van der Waals surface area contributed by atoms with Crippen LogP contribution in [0.2, 0.25) is 5.02 Å². The molecule has 0 aliphatic carbocycles. The lowest BCUT2D eigenvalue weighted by Gasteiger charge is -2.17. The van der Waals surface area contributed by atoms with E-state index in [4.69, 9.17) is 11.6 Å². The summed E-state index contributed by atoms with van der Waals surface area (Å²) in [6.07, 6.45) is 1.24. The maximum atomic E-state index is 12.3. The summed E-state index contributed by atoms with van der Waals surface area (Å²) in [4.78, 5) is 41.8. The van der Waals surface area contributed by atoms with Crippen LogP contribution in [0, 0.1) is 0 Å². The molecular weight excluding hydrogens is 426 g/mol. The molecule has 30 heavy (non-hydrogen) atoms. The van der Waals surface area contributed by atoms with Crippen molar-refractivity contribution < 1.29 is 19.5 Å². The van der Waals surface area contributed by atoms with Crippen molar-refractivity contribution in [1.29, 1.82) is 0 Å². The van der Waals surface area contributed by atoms with E-state index in [0.717, 1.165) is 0 Å². The fourth-order valence-corrected chi connectivity index (χ4v) is 3.51. The number of carboxylic acids is 1. The molecule has 9 heteroatoms. The lowest BCUT2D eigenvalue weighted by molar-refractivity contribution is -0.132. The van der Waals surface area contributed by atoms with Crippen LogP contribution >= 0.6 is 22.9 Å². The number of anilines is 2. The molecule has 3 rings (SSSR count). The highest BCUT2D eigenvalue weighted by molar-refractivity contribution is 7.14. The molecule has 1 heterocycles. The third-order valence-corrected chi connectivity index (χ3v) is 5.00. The second-order valence-electron chi connectivity index (χ2n) is 6.07. The van der Waals surface area contributed by atoms with E-state index in [1.54, 1.807) is 29.6 Å². The Hall–Kier alpha value is -3.49. The Balaban J connectivity index is 1.86. The SMILES string of the molecule is CC(=O)N(c1ccccc1)c1nc(C=C(NC(=O)c2ccc(Cl)cc2)C(=O)O)cs1. The fourth-order valence-electron chi connectivity index (χ4n) is 2.54. The Morgan fingerprint density at radius 1 is 1.10 bits per heavy atom. The molecule has 2 aromatic carbocycles. The lowest BCUT2D eigenvalue weighted by Crippen LogP contribution is -2.27. The van der Waals surface area contributed by atoms with E-state index in [2.05, 4.69) is 10.3 Å². The lowest BCUT2D eigenvalue weighted by atomic mass is 10.2. The summed E-state index contributed by atoms with van der Waals surface area (Å²) in [5.41, 5.74) is 0.855. The number of carbonyl (C=O) groups excluding carboxylic acids is 2. The molecule has 0 aliphatic heterocycles. The third-order valence-electron chi connectivity index (χ3n) is 3.91. The van der Waals surface area contributed by atoms with Gasteiger partial charge in [0.2, 0.25) is 5.91 Å². The summed E-state index contributed by atoms with van der Waals surface area (Å²) in [6, 6.07) is 15.0. The minimum absolute atomic E-state index is 0.236. The first-order chi connectivity index (χ1) is 14.3. The van der Waals surface area contributed by atoms with Crippen LogP contribution in [0.25, 0.3) is 6.08 Å². The summed E-state index contributed by atoms with van der Waals surface area (Å²) in [5.74, 6) is -2.15. The van der Waals surface area contributed by atoms with E-state index in [9.17, 15) is 19.5 Å². The molecule has 0 fully saturated rings. The van der Waals surface area contributed by atoms with E-state index >= 15 is 0 Å². The normalized spacial score (nSPS) is 11.1. The van der Waals surface area contributed by atoms with Gasteiger partial charge >= 0.3 is 5.97 Å². The molecule has 2 N–H and O–H groups in total. The van der Waals surface area contributed by atoms with Gasteiger partial charge in [-0.1, -0.05) is 29.8 Å². The van der Waals surface area contributed by atoms with Crippen molar-refractivity contribution in [3.63, 3.8) is 0 Å². The Morgan fingerprint density at radius 2 is 1.77 bits per heavy atom. The zero-order valence-electron chi connectivity index (χ0n) is 15.7. The first-order valence-corrected chi connectivity index (χ1v) is 9.94. The number of benzene rings is 2. The highest BCUT2D eigenvalue weighted by atomic mass is 35.5. The quantitative estimate of drug-likeness (QED) is 0.554. The van der Waals surface area contributed by atoms with Crippen molar-refractivity contribution in [2.24, 2.45) is 0 Å². The van der Waals surface area contributed by atoms with Crippen LogP contribution in [-0.2, 0) is 9.59 Å². The number of para-hydroxylation sites is 1. The number of hydrogen-bond acceptors (Lipinski definition) is 5. The maximum Gasteiger partial charge on any atom is 0.352 e. The third kappa shape index (κ3) is 5.11. The maximum absolute atomic E-state index is 12.3. The van der Waals surface area contributed by atoms with Gasteiger partial charge < -0.3 is 10.4 Å². The number of rotatable bonds is 6. The summed E-state index contributed by atoms with van der Waals surface area (Å²) < 4.78 is 0. The molecule has 0 unspecified atom stereocenters. The van der Waals surface area contributed by atoms with E-state index in [-0.39, 0.29) is 17.2 Å². The average Bonchev–Trinajstić information content (AvgIpc) is 3.16. The Kier molecular flexibility index (Phi) is 6.61. The molecule has 0 radical (unpaired) electrons. The summed E-state index contributed by atoms with van der Waals surface area (Å²) in [5, 5.41) is 14.3. The molecule has 2 amide bonds. The standard InChI is InChI=1S/C21H16ClN3O4S/c1-13(26)25(17-5-3-2-4-6-17)21-23-16(12-30-21)11-18(20(28)29)24-19(27)14-7-9-15(22)10-8-14/h2-12H,1H3,(H,24,27)(H,28,29). The molecule has 0 saturated carbocycles. The van der Waals surface area contributed by atoms with Crippen molar-refractivity contribution in [1.82, 2.24) is 10.3 Å². The minimum Gasteiger partial charge on any atom is -0.477 e. The van der Waals surface area contributed by atoms with Crippen molar-refractivity contribution in [2.45, 2.75) is 6.92 Å². The van der Waals surface area contributed by atoms with E-state index in [1.807, 2.05) is 6.07 Å². The largest absolute Gasteiger partial charge is 0.477 e. The number of carboxylic acid groups (broad SMARTS) is 1. The number of halogens is 1. The zero-order chi connectivity index (χ0) is 21.7. The molecule has 0 atom stereocenters. The van der Waals surface area contributed by atoms with E-state index < -0.39 is 11.9 Å². The van der Waals surface area contributed by atoms with Gasteiger partial charge in [-0.05, 0) is 42.5 Å². The number of carbonyl (C=O) groups is 3. The van der Waals surface area contributed by atoms with Crippen LogP contribution in [0.4, 0.5) is 10.8 Å². The van der Waals surface area contributed by atoms with Gasteiger partial charge in [-0.2, -0.15) is 0 Å². The average molecular weight is 442 g/mol. The molecule has 7 nitrogen and oxygen atoms in total. The predicted octanol–water partition coefficient (Wildman–Crippen LogP) is 4.34. The van der Waals surface area contributed by atoms with Gasteiger partial charge in [-0.3, -0.25) is 14.5 Å². The second-order valence-corrected chi connectivity index (χ2v) is 7.34. The zero-order valence-corrected chi connectivity index (χ0v) is 17.3. The summed E-state index contributed by atoms with van der Waals surface area (Å²) in [6.45, 7) is 1.42. The van der Waals surface area contributed by atoms with Gasteiger partial charge in [0, 0.05) is 22.9 Å². The highest BCUT2D eigenvalue weighted by Crippen LogP contribution is 2.29. The summed E-state index contributed by atoms with van der Waals surface area (Å²) in [7, 11) is 0. The number of aromatic nitrogens is 1. The van der Waals surface area contributed by atoms with Crippen LogP contribution in [0.1, 0.15) is 23.0 Å². The minimum atomic E-state index is -1.32. The van der Waals surface area contributed by atoms with Crippen LogP contribution in [-0.4, -0.2) is 27.9 Å². The Labute approximate surface area is 181 Å². The monoisotopic (exact) mass is 441 g/mol. The second kappa shape index (κ2) is 9.34. The number of nitrogens with zero attached hydrogens (tertiary/aromatic N) is 2. The van der Waals surface area contributed by atoms with Crippen molar-refractivity contribution in [3.05, 3.63) is 82.0 Å². The summed E-state index contributed by atoms with van der Waals surface area (Å²) >= 11 is 6.98. The fraction of sp³-hybridized carbons (Fsp3) is 0.0476. The molecule has 0 spiro atoms. The predicted molar refractivity (Wildman–Crippen MR) is 116 cm³/mol. The first-order valence-electron chi connectivity index (χ1n) is 8.68. The van der Waals surface area contributed by atoms with Crippen LogP contribution in [0.15, 0.2) is 65.7 Å². The van der Waals surface area contributed by atoms with Crippen LogP contribution in [0.3, 0.4) is 0 Å². The van der Waals surface area contributed by atoms with Gasteiger partial charge in [0.1, 0.15) is 5.70 Å². The smallest absolute Gasteiger partial charge is 0.352 e. The molecule has 3 aromatic rings. The molecule has 152 valence electrons. The highest BCUT2D eigenvalue weighted by Gasteiger charge is 2.19. The molecular formula is C21H16ClN3O4S. The molecule has 0 saturated heterocycles. The molecule has 1 aromatic heterocycles. The van der Waals surface area contributed by atoms with E-state index in [1.165, 1.54) is 53.5 Å². The number of aliphatic carboxylic acids is 1. The van der Waals surface area contributed by atoms with Gasteiger partial charge in [0.05, 0.1) is 11.4 Å². The van der Waals surface area contributed by atoms with Crippen LogP contribution in [0.5, 0.6) is 0 Å². The van der Waals surface area contributed by atoms with Gasteiger partial charge in [0.25, 0.3) is 5.91 Å². The van der Waals surface area contributed by atoms with Gasteiger partial charge in [-0.25, -0.2) is 9.78 Å². The van der Waals surface area contributed by atoms with Crippen molar-refractivity contribution in [3.8, 4) is 0 Å². The van der Waals surface area contributed by atoms with Gasteiger partial charge in [0.15, 0.2) is 5.13 Å². The first kappa shape index (κ1) is 21.2. The topological polar surface area (TPSA) is 99.6 Å². The van der Waals surface area contributed by atoms with Gasteiger partial charge in [-0.15, -0.1) is 11.3 Å². The van der Waals surface area contributed by atoms with Crippen molar-refractivity contribution in [2.75, 3.05) is 4.90 Å². The number of nitrogens with one attached hydrogen (secondary N) is 1. The molecule has 0 bridgehead atoms. The number of amides is 2. The van der Waals surface area contributed by atoms with Crippen molar-refractivity contribution >= 4 is 57.6 Å². The van der Waals surface area contributed by atoms with Crippen LogP contribution < -0.4 is 10.2 Å². The number of thiazole rings is 1. The Morgan fingerprint density at radius 3 is 2.37 bits per heavy atom. The van der Waals surface area contributed by atoms with E-state index in [0.29, 0.717) is 21.5 Å².